The zero-order valence-electron chi connectivity index (χ0n) is 11.2. The van der Waals surface area contributed by atoms with Crippen LogP contribution in [0, 0.1) is 18.3 Å². The molecule has 1 aromatic rings. The summed E-state index contributed by atoms with van der Waals surface area (Å²) in [6.07, 6.45) is 4.14. The highest BCUT2D eigenvalue weighted by Crippen LogP contribution is 2.49. The van der Waals surface area contributed by atoms with Gasteiger partial charge in [0.05, 0.1) is 0 Å². The highest BCUT2D eigenvalue weighted by atomic mass is 15.0. The molecule has 17 heavy (non-hydrogen) atoms. The lowest BCUT2D eigenvalue weighted by atomic mass is 10.0. The van der Waals surface area contributed by atoms with Crippen molar-refractivity contribution >= 4 is 0 Å². The van der Waals surface area contributed by atoms with Crippen LogP contribution in [0.2, 0.25) is 0 Å². The molecule has 0 bridgehead atoms. The Bertz CT molecular complexity index is 400. The molecule has 1 heteroatoms. The van der Waals surface area contributed by atoms with E-state index in [0.29, 0.717) is 11.5 Å². The van der Waals surface area contributed by atoms with Crippen molar-refractivity contribution in [2.45, 2.75) is 52.1 Å². The predicted molar refractivity (Wildman–Crippen MR) is 72.0 cm³/mol. The van der Waals surface area contributed by atoms with Crippen molar-refractivity contribution in [1.29, 1.82) is 0 Å². The van der Waals surface area contributed by atoms with Gasteiger partial charge in [-0.15, -0.1) is 0 Å². The summed E-state index contributed by atoms with van der Waals surface area (Å²) in [5, 5.41) is 3.88. The molecule has 0 heterocycles. The number of benzene rings is 1. The Morgan fingerprint density at radius 1 is 1.18 bits per heavy atom. The summed E-state index contributed by atoms with van der Waals surface area (Å²) in [7, 11) is 0. The van der Waals surface area contributed by atoms with E-state index in [1.807, 2.05) is 0 Å². The summed E-state index contributed by atoms with van der Waals surface area (Å²) in [6.45, 7) is 6.89. The molecule has 2 fully saturated rings. The minimum Gasteiger partial charge on any atom is -0.306 e. The molecule has 0 radical (unpaired) electrons. The van der Waals surface area contributed by atoms with Crippen LogP contribution in [0.25, 0.3) is 0 Å². The molecular formula is C16H23N. The van der Waals surface area contributed by atoms with Gasteiger partial charge in [0.1, 0.15) is 0 Å². The summed E-state index contributed by atoms with van der Waals surface area (Å²) in [4.78, 5) is 0. The summed E-state index contributed by atoms with van der Waals surface area (Å²) >= 11 is 0. The summed E-state index contributed by atoms with van der Waals surface area (Å²) in [5.74, 6) is 0.883. The van der Waals surface area contributed by atoms with E-state index in [-0.39, 0.29) is 0 Å². The van der Waals surface area contributed by atoms with Crippen LogP contribution in [-0.4, -0.2) is 6.04 Å². The van der Waals surface area contributed by atoms with Crippen LogP contribution < -0.4 is 5.32 Å². The molecular weight excluding hydrogens is 206 g/mol. The topological polar surface area (TPSA) is 12.0 Å². The number of hydrogen-bond donors (Lipinski definition) is 1. The van der Waals surface area contributed by atoms with Crippen LogP contribution in [0.1, 0.15) is 50.3 Å². The van der Waals surface area contributed by atoms with Gasteiger partial charge in [0.15, 0.2) is 0 Å². The molecule has 1 N–H and O–H groups in total. The van der Waals surface area contributed by atoms with Gasteiger partial charge in [-0.3, -0.25) is 0 Å². The Kier molecular flexibility index (Phi) is 2.55. The van der Waals surface area contributed by atoms with Gasteiger partial charge in [0.2, 0.25) is 0 Å². The third-order valence-corrected chi connectivity index (χ3v) is 4.42. The van der Waals surface area contributed by atoms with Crippen molar-refractivity contribution in [2.75, 3.05) is 0 Å². The fourth-order valence-electron chi connectivity index (χ4n) is 2.68. The Morgan fingerprint density at radius 3 is 2.24 bits per heavy atom. The minimum absolute atomic E-state index is 0.526. The van der Waals surface area contributed by atoms with E-state index in [1.165, 1.54) is 30.4 Å². The molecule has 2 aliphatic carbocycles. The third kappa shape index (κ3) is 2.40. The Hall–Kier alpha value is -0.820. The second-order valence-corrected chi connectivity index (χ2v) is 6.64. The normalized spacial score (nSPS) is 27.8. The van der Waals surface area contributed by atoms with Crippen LogP contribution in [-0.2, 0) is 0 Å². The van der Waals surface area contributed by atoms with Gasteiger partial charge in [-0.05, 0) is 43.1 Å². The molecule has 92 valence electrons. The lowest BCUT2D eigenvalue weighted by Gasteiger charge is -2.20. The van der Waals surface area contributed by atoms with Crippen molar-refractivity contribution < 1.29 is 0 Å². The molecule has 0 spiro atoms. The maximum Gasteiger partial charge on any atom is 0.0351 e. The highest BCUT2D eigenvalue weighted by Gasteiger charge is 2.48. The predicted octanol–water partition coefficient (Wildman–Crippen LogP) is 3.83. The molecule has 0 amide bonds. The van der Waals surface area contributed by atoms with Crippen LogP contribution in [0.4, 0.5) is 0 Å². The first-order valence-electron chi connectivity index (χ1n) is 6.89. The van der Waals surface area contributed by atoms with Gasteiger partial charge in [0.25, 0.3) is 0 Å². The smallest absolute Gasteiger partial charge is 0.0351 e. The van der Waals surface area contributed by atoms with Gasteiger partial charge in [0, 0.05) is 12.1 Å². The van der Waals surface area contributed by atoms with Crippen LogP contribution in [0.15, 0.2) is 24.3 Å². The average Bonchev–Trinajstić information content (AvgIpc) is 3.15. The van der Waals surface area contributed by atoms with E-state index >= 15 is 0 Å². The molecule has 0 aromatic heterocycles. The molecule has 1 aromatic carbocycles. The second kappa shape index (κ2) is 3.84. The summed E-state index contributed by atoms with van der Waals surface area (Å²) in [6, 6.07) is 10.4. The van der Waals surface area contributed by atoms with E-state index in [9.17, 15) is 0 Å². The van der Waals surface area contributed by atoms with Gasteiger partial charge in [-0.1, -0.05) is 43.7 Å². The highest BCUT2D eigenvalue weighted by molar-refractivity contribution is 5.26. The van der Waals surface area contributed by atoms with Crippen LogP contribution >= 0.6 is 0 Å². The van der Waals surface area contributed by atoms with E-state index in [2.05, 4.69) is 50.4 Å². The van der Waals surface area contributed by atoms with Crippen LogP contribution in [0.3, 0.4) is 0 Å². The van der Waals surface area contributed by atoms with E-state index in [1.54, 1.807) is 0 Å². The number of hydrogen-bond acceptors (Lipinski definition) is 1. The first kappa shape index (κ1) is 11.3. The Morgan fingerprint density at radius 2 is 1.76 bits per heavy atom. The zero-order chi connectivity index (χ0) is 12.0. The molecule has 2 aliphatic rings. The standard InChI is InChI=1S/C16H23N/c1-11-4-6-12(7-5-11)15(13-8-9-13)17-14-10-16(14,2)3/h4-7,13-15,17H,8-10H2,1-3H3. The fourth-order valence-corrected chi connectivity index (χ4v) is 2.68. The lowest BCUT2D eigenvalue weighted by Crippen LogP contribution is -2.27. The van der Waals surface area contributed by atoms with Crippen molar-refractivity contribution in [3.63, 3.8) is 0 Å². The second-order valence-electron chi connectivity index (χ2n) is 6.64. The molecule has 3 rings (SSSR count). The quantitative estimate of drug-likeness (QED) is 0.827. The Balaban J connectivity index is 1.74. The lowest BCUT2D eigenvalue weighted by molar-refractivity contribution is 0.436. The molecule has 0 aliphatic heterocycles. The number of rotatable bonds is 4. The van der Waals surface area contributed by atoms with Crippen LogP contribution in [0.5, 0.6) is 0 Å². The number of aryl methyl sites for hydroxylation is 1. The summed E-state index contributed by atoms with van der Waals surface area (Å²) < 4.78 is 0. The molecule has 0 saturated heterocycles. The van der Waals surface area contributed by atoms with Crippen molar-refractivity contribution in [2.24, 2.45) is 11.3 Å². The first-order valence-corrected chi connectivity index (χ1v) is 6.89. The minimum atomic E-state index is 0.526. The largest absolute Gasteiger partial charge is 0.306 e. The van der Waals surface area contributed by atoms with Gasteiger partial charge in [-0.2, -0.15) is 0 Å². The zero-order valence-corrected chi connectivity index (χ0v) is 11.2. The monoisotopic (exact) mass is 229 g/mol. The van der Waals surface area contributed by atoms with Crippen molar-refractivity contribution in [3.05, 3.63) is 35.4 Å². The summed E-state index contributed by atoms with van der Waals surface area (Å²) in [5.41, 5.74) is 3.37. The third-order valence-electron chi connectivity index (χ3n) is 4.42. The Labute approximate surface area is 105 Å². The molecule has 1 nitrogen and oxygen atoms in total. The fraction of sp³-hybridized carbons (Fsp3) is 0.625. The molecule has 2 saturated carbocycles. The van der Waals surface area contributed by atoms with Gasteiger partial charge >= 0.3 is 0 Å². The van der Waals surface area contributed by atoms with E-state index in [0.717, 1.165) is 12.0 Å². The molecule has 2 atom stereocenters. The maximum absolute atomic E-state index is 3.88. The van der Waals surface area contributed by atoms with Gasteiger partial charge < -0.3 is 5.32 Å². The average molecular weight is 229 g/mol. The first-order chi connectivity index (χ1) is 8.06. The maximum atomic E-state index is 3.88. The van der Waals surface area contributed by atoms with Crippen molar-refractivity contribution in [1.82, 2.24) is 5.32 Å². The molecule has 2 unspecified atom stereocenters. The van der Waals surface area contributed by atoms with Gasteiger partial charge in [-0.25, -0.2) is 0 Å². The number of nitrogens with one attached hydrogen (secondary N) is 1. The van der Waals surface area contributed by atoms with Crippen molar-refractivity contribution in [3.8, 4) is 0 Å². The van der Waals surface area contributed by atoms with E-state index in [4.69, 9.17) is 0 Å². The van der Waals surface area contributed by atoms with E-state index < -0.39 is 0 Å². The SMILES string of the molecule is Cc1ccc(C(NC2CC2(C)C)C2CC2)cc1.